The van der Waals surface area contributed by atoms with Gasteiger partial charge in [0.15, 0.2) is 0 Å². The molecule has 3 amide bonds. The van der Waals surface area contributed by atoms with Gasteiger partial charge >= 0.3 is 6.03 Å². The van der Waals surface area contributed by atoms with E-state index in [1.807, 2.05) is 32.0 Å². The van der Waals surface area contributed by atoms with Crippen LogP contribution in [0.1, 0.15) is 56.0 Å². The predicted molar refractivity (Wildman–Crippen MR) is 185 cm³/mol. The number of anilines is 2. The average molecular weight is 647 g/mol. The lowest BCUT2D eigenvalue weighted by Crippen LogP contribution is -2.47. The monoisotopic (exact) mass is 646 g/mol. The van der Waals surface area contributed by atoms with E-state index in [0.29, 0.717) is 48.1 Å². The molecule has 1 aliphatic heterocycles. The molecular formula is C37H50N4O6. The average Bonchev–Trinajstić information content (AvgIpc) is 3.06. The summed E-state index contributed by atoms with van der Waals surface area (Å²) in [5.74, 6) is 0.809. The van der Waals surface area contributed by atoms with Gasteiger partial charge in [0.05, 0.1) is 37.5 Å². The number of nitrogens with zero attached hydrogens (tertiary/aromatic N) is 2. The van der Waals surface area contributed by atoms with Crippen LogP contribution in [0.2, 0.25) is 0 Å². The second kappa shape index (κ2) is 17.7. The molecule has 0 aliphatic carbocycles. The second-order valence-electron chi connectivity index (χ2n) is 12.5. The van der Waals surface area contributed by atoms with Gasteiger partial charge in [0, 0.05) is 43.5 Å². The topological polar surface area (TPSA) is 113 Å². The van der Waals surface area contributed by atoms with Gasteiger partial charge in [0.1, 0.15) is 11.5 Å². The highest BCUT2D eigenvalue weighted by Gasteiger charge is 2.30. The van der Waals surface area contributed by atoms with Gasteiger partial charge in [-0.3, -0.25) is 9.69 Å². The van der Waals surface area contributed by atoms with Crippen molar-refractivity contribution < 1.29 is 28.9 Å². The van der Waals surface area contributed by atoms with Gasteiger partial charge in [-0.25, -0.2) is 4.79 Å². The van der Waals surface area contributed by atoms with Crippen molar-refractivity contribution in [3.63, 3.8) is 0 Å². The minimum atomic E-state index is -0.458. The lowest BCUT2D eigenvalue weighted by molar-refractivity contribution is -0.0177. The van der Waals surface area contributed by atoms with Crippen LogP contribution in [0.5, 0.6) is 11.5 Å². The molecule has 1 aliphatic rings. The van der Waals surface area contributed by atoms with Crippen molar-refractivity contribution >= 4 is 23.3 Å². The Kier molecular flexibility index (Phi) is 13.5. The first kappa shape index (κ1) is 35.7. The summed E-state index contributed by atoms with van der Waals surface area (Å²) in [6.07, 6.45) is 2.34. The quantitative estimate of drug-likeness (QED) is 0.251. The molecule has 0 saturated heterocycles. The molecule has 254 valence electrons. The fraction of sp³-hybridized carbons (Fsp3) is 0.459. The zero-order valence-corrected chi connectivity index (χ0v) is 28.3. The summed E-state index contributed by atoms with van der Waals surface area (Å²) in [6, 6.07) is 21.5. The molecular weight excluding hydrogens is 596 g/mol. The molecule has 0 aromatic heterocycles. The van der Waals surface area contributed by atoms with Crippen LogP contribution < -0.4 is 20.1 Å². The lowest BCUT2D eigenvalue weighted by Gasteiger charge is -2.36. The van der Waals surface area contributed by atoms with Gasteiger partial charge in [-0.05, 0) is 88.2 Å². The zero-order valence-electron chi connectivity index (χ0n) is 28.3. The van der Waals surface area contributed by atoms with Crippen LogP contribution in [-0.2, 0) is 11.3 Å². The van der Waals surface area contributed by atoms with Crippen molar-refractivity contribution in [2.24, 2.45) is 5.92 Å². The van der Waals surface area contributed by atoms with Crippen molar-refractivity contribution in [3.05, 3.63) is 83.9 Å². The third-order valence-electron chi connectivity index (χ3n) is 8.44. The van der Waals surface area contributed by atoms with Crippen LogP contribution >= 0.6 is 0 Å². The second-order valence-corrected chi connectivity index (χ2v) is 12.5. The normalized spacial score (nSPS) is 20.0. The number of nitrogens with one attached hydrogen (secondary N) is 2. The van der Waals surface area contributed by atoms with E-state index < -0.39 is 12.1 Å². The number of carbonyl (C=O) groups excluding carboxylic acids is 2. The highest BCUT2D eigenvalue weighted by Crippen LogP contribution is 2.29. The van der Waals surface area contributed by atoms with E-state index in [1.165, 1.54) is 5.56 Å². The van der Waals surface area contributed by atoms with Crippen LogP contribution in [0.3, 0.4) is 0 Å². The molecule has 0 spiro atoms. The number of aliphatic hydroxyl groups is 1. The molecule has 0 radical (unpaired) electrons. The Labute approximate surface area is 279 Å². The number of urea groups is 1. The molecule has 0 saturated carbocycles. The van der Waals surface area contributed by atoms with E-state index in [-0.39, 0.29) is 30.6 Å². The van der Waals surface area contributed by atoms with Crippen LogP contribution in [-0.4, -0.2) is 85.6 Å². The summed E-state index contributed by atoms with van der Waals surface area (Å²) in [5, 5.41) is 15.9. The molecule has 0 fully saturated rings. The summed E-state index contributed by atoms with van der Waals surface area (Å²) in [6.45, 7) is 8.19. The molecule has 10 heteroatoms. The fourth-order valence-electron chi connectivity index (χ4n) is 5.70. The number of amides is 3. The van der Waals surface area contributed by atoms with Crippen molar-refractivity contribution in [2.45, 2.75) is 64.8 Å². The smallest absolute Gasteiger partial charge is 0.323 e. The summed E-state index contributed by atoms with van der Waals surface area (Å²) < 4.78 is 18.0. The van der Waals surface area contributed by atoms with Crippen molar-refractivity contribution in [1.29, 1.82) is 0 Å². The molecule has 0 unspecified atom stereocenters. The predicted octanol–water partition coefficient (Wildman–Crippen LogP) is 6.27. The van der Waals surface area contributed by atoms with Crippen LogP contribution in [0, 0.1) is 5.92 Å². The van der Waals surface area contributed by atoms with E-state index >= 15 is 0 Å². The van der Waals surface area contributed by atoms with E-state index in [2.05, 4.69) is 41.6 Å². The first-order chi connectivity index (χ1) is 22.7. The van der Waals surface area contributed by atoms with Crippen LogP contribution in [0.25, 0.3) is 0 Å². The maximum absolute atomic E-state index is 14.4. The number of fused-ring (bicyclic) bond motifs is 1. The van der Waals surface area contributed by atoms with Crippen LogP contribution in [0.4, 0.5) is 16.2 Å². The summed E-state index contributed by atoms with van der Waals surface area (Å²) in [5.41, 5.74) is 2.58. The first-order valence-corrected chi connectivity index (χ1v) is 16.5. The molecule has 3 aromatic rings. The summed E-state index contributed by atoms with van der Waals surface area (Å²) >= 11 is 0. The maximum Gasteiger partial charge on any atom is 0.323 e. The van der Waals surface area contributed by atoms with Gasteiger partial charge in [-0.1, -0.05) is 37.3 Å². The van der Waals surface area contributed by atoms with E-state index in [1.54, 1.807) is 54.5 Å². The Balaban J connectivity index is 1.57. The molecule has 10 nitrogen and oxygen atoms in total. The number of rotatable bonds is 9. The number of likely N-dealkylation sites (N-methyl/N-ethyl adjacent to an activating group) is 1. The highest BCUT2D eigenvalue weighted by atomic mass is 16.5. The van der Waals surface area contributed by atoms with Crippen molar-refractivity contribution in [3.8, 4) is 11.5 Å². The number of hydrogen-bond acceptors (Lipinski definition) is 7. The van der Waals surface area contributed by atoms with E-state index in [0.717, 1.165) is 25.8 Å². The molecule has 3 N–H and O–H groups in total. The molecule has 4 atom stereocenters. The molecule has 47 heavy (non-hydrogen) atoms. The molecule has 4 rings (SSSR count). The lowest BCUT2D eigenvalue weighted by atomic mass is 10.0. The first-order valence-electron chi connectivity index (χ1n) is 16.5. The number of ether oxygens (including phenoxy) is 3. The largest absolute Gasteiger partial charge is 0.497 e. The Bertz CT molecular complexity index is 1420. The number of carbonyl (C=O) groups is 2. The third-order valence-corrected chi connectivity index (χ3v) is 8.44. The molecule has 3 aromatic carbocycles. The van der Waals surface area contributed by atoms with E-state index in [9.17, 15) is 14.7 Å². The van der Waals surface area contributed by atoms with Gasteiger partial charge in [-0.15, -0.1) is 0 Å². The number of methoxy groups -OCH3 is 1. The minimum Gasteiger partial charge on any atom is -0.497 e. The molecule has 1 heterocycles. The highest BCUT2D eigenvalue weighted by molar-refractivity contribution is 6.02. The summed E-state index contributed by atoms with van der Waals surface area (Å²) in [7, 11) is 3.67. The number of benzene rings is 3. The maximum atomic E-state index is 14.4. The number of aliphatic hydroxyl groups excluding tert-OH is 1. The molecule has 0 bridgehead atoms. The number of hydrogen-bond donors (Lipinski definition) is 3. The Morgan fingerprint density at radius 2 is 1.74 bits per heavy atom. The zero-order chi connectivity index (χ0) is 33.8. The van der Waals surface area contributed by atoms with E-state index in [4.69, 9.17) is 14.2 Å². The minimum absolute atomic E-state index is 0.0333. The van der Waals surface area contributed by atoms with Crippen molar-refractivity contribution in [2.75, 3.05) is 51.1 Å². The Morgan fingerprint density at radius 3 is 2.45 bits per heavy atom. The SMILES string of the molecule is COc1ccc(NC(=O)Nc2ccc3c(c2)C(=O)N([C@@H](C)CO)C[C@H](C)[C@H](CN(C)Cc2ccccc2)OCCCC[C@@H](C)O3)cc1. The third kappa shape index (κ3) is 10.7. The van der Waals surface area contributed by atoms with Gasteiger partial charge in [0.2, 0.25) is 0 Å². The van der Waals surface area contributed by atoms with Crippen LogP contribution in [0.15, 0.2) is 72.8 Å². The standard InChI is InChI=1S/C37H50N4O6/c1-26-22-41(27(2)25-42)36(43)33-21-31(39-37(44)38-30-14-17-32(45-5)18-15-30)16-19-34(33)47-28(3)11-9-10-20-46-35(26)24-40(4)23-29-12-7-6-8-13-29/h6-8,12-19,21,26-28,35,42H,9-11,20,22-25H2,1-5H3,(H2,38,39,44)/t26-,27-,28+,35-/m0/s1. The summed E-state index contributed by atoms with van der Waals surface area (Å²) in [4.78, 5) is 31.2. The van der Waals surface area contributed by atoms with Gasteiger partial charge in [-0.2, -0.15) is 0 Å². The Hall–Kier alpha value is -4.12. The fourth-order valence-corrected chi connectivity index (χ4v) is 5.70. The Morgan fingerprint density at radius 1 is 1.04 bits per heavy atom. The van der Waals surface area contributed by atoms with Gasteiger partial charge in [0.25, 0.3) is 5.91 Å². The van der Waals surface area contributed by atoms with Crippen molar-refractivity contribution in [1.82, 2.24) is 9.80 Å². The van der Waals surface area contributed by atoms with Gasteiger partial charge < -0.3 is 34.9 Å².